The summed E-state index contributed by atoms with van der Waals surface area (Å²) < 4.78 is 22.1. The molecule has 2 saturated heterocycles. The molecule has 0 radical (unpaired) electrons. The minimum absolute atomic E-state index is 0.323. The summed E-state index contributed by atoms with van der Waals surface area (Å²) in [5.74, 6) is -0.513. The SMILES string of the molecule is CCCO[C@@H]1O[C@@H](C)[C@H](O)[C@@H](O[C@@H]2O[C@H](CO)[C@@H](O)[C@H](O)[C@H]2NC(C)=O)[C@H]1O. The second-order valence-electron chi connectivity index (χ2n) is 7.10. The van der Waals surface area contributed by atoms with E-state index in [9.17, 15) is 30.3 Å². The Morgan fingerprint density at radius 3 is 2.29 bits per heavy atom. The van der Waals surface area contributed by atoms with Gasteiger partial charge in [0.2, 0.25) is 5.91 Å². The highest BCUT2D eigenvalue weighted by Gasteiger charge is 2.50. The van der Waals surface area contributed by atoms with Crippen molar-refractivity contribution in [2.24, 2.45) is 0 Å². The minimum atomic E-state index is -1.50. The van der Waals surface area contributed by atoms with Crippen molar-refractivity contribution in [3.8, 4) is 0 Å². The molecule has 2 aliphatic heterocycles. The van der Waals surface area contributed by atoms with Gasteiger partial charge in [-0.2, -0.15) is 0 Å². The number of amides is 1. The molecule has 11 heteroatoms. The number of ether oxygens (including phenoxy) is 4. The van der Waals surface area contributed by atoms with Crippen LogP contribution < -0.4 is 5.32 Å². The second kappa shape index (κ2) is 10.2. The minimum Gasteiger partial charge on any atom is -0.394 e. The van der Waals surface area contributed by atoms with Crippen molar-refractivity contribution in [2.45, 2.75) is 88.5 Å². The molecule has 0 aliphatic carbocycles. The largest absolute Gasteiger partial charge is 0.394 e. The maximum absolute atomic E-state index is 11.5. The highest BCUT2D eigenvalue weighted by molar-refractivity contribution is 5.73. The number of rotatable bonds is 7. The first kappa shape index (κ1) is 23.4. The lowest BCUT2D eigenvalue weighted by Gasteiger charge is -2.46. The summed E-state index contributed by atoms with van der Waals surface area (Å²) in [7, 11) is 0. The topological polar surface area (TPSA) is 167 Å². The molecule has 0 aromatic carbocycles. The molecule has 2 heterocycles. The normalized spacial score (nSPS) is 44.3. The summed E-state index contributed by atoms with van der Waals surface area (Å²) >= 11 is 0. The Morgan fingerprint density at radius 1 is 1.04 bits per heavy atom. The zero-order valence-electron chi connectivity index (χ0n) is 16.2. The molecule has 0 spiro atoms. The van der Waals surface area contributed by atoms with Crippen LogP contribution in [-0.2, 0) is 23.7 Å². The molecule has 0 unspecified atom stereocenters. The number of carbonyl (C=O) groups excluding carboxylic acids is 1. The third-order valence-electron chi connectivity index (χ3n) is 4.81. The van der Waals surface area contributed by atoms with Crippen LogP contribution in [0.3, 0.4) is 0 Å². The number of aliphatic hydroxyl groups is 5. The maximum Gasteiger partial charge on any atom is 0.217 e. The Labute approximate surface area is 163 Å². The summed E-state index contributed by atoms with van der Waals surface area (Å²) in [6.45, 7) is 4.39. The molecule has 2 fully saturated rings. The van der Waals surface area contributed by atoms with Crippen LogP contribution in [0.4, 0.5) is 0 Å². The fourth-order valence-corrected chi connectivity index (χ4v) is 3.27. The molecule has 11 nitrogen and oxygen atoms in total. The van der Waals surface area contributed by atoms with E-state index < -0.39 is 73.9 Å². The van der Waals surface area contributed by atoms with E-state index in [-0.39, 0.29) is 0 Å². The van der Waals surface area contributed by atoms with E-state index >= 15 is 0 Å². The number of aliphatic hydroxyl groups excluding tert-OH is 5. The Morgan fingerprint density at radius 2 is 1.71 bits per heavy atom. The van der Waals surface area contributed by atoms with Gasteiger partial charge in [0.25, 0.3) is 0 Å². The first-order chi connectivity index (χ1) is 13.2. The molecule has 1 amide bonds. The van der Waals surface area contributed by atoms with Crippen LogP contribution in [0.2, 0.25) is 0 Å². The molecular formula is C17H31NO10. The van der Waals surface area contributed by atoms with Gasteiger partial charge in [0.1, 0.15) is 42.7 Å². The molecule has 28 heavy (non-hydrogen) atoms. The fourth-order valence-electron chi connectivity index (χ4n) is 3.27. The van der Waals surface area contributed by atoms with Gasteiger partial charge in [-0.1, -0.05) is 6.92 Å². The summed E-state index contributed by atoms with van der Waals surface area (Å²) in [6, 6.07) is -1.19. The Kier molecular flexibility index (Phi) is 8.55. The lowest BCUT2D eigenvalue weighted by atomic mass is 9.95. The lowest BCUT2D eigenvalue weighted by Crippen LogP contribution is -2.67. The van der Waals surface area contributed by atoms with Crippen LogP contribution >= 0.6 is 0 Å². The average Bonchev–Trinajstić information content (AvgIpc) is 2.65. The summed E-state index contributed by atoms with van der Waals surface area (Å²) in [5.41, 5.74) is 0. The summed E-state index contributed by atoms with van der Waals surface area (Å²) in [5, 5.41) is 53.1. The first-order valence-corrected chi connectivity index (χ1v) is 9.39. The average molecular weight is 409 g/mol. The van der Waals surface area contributed by atoms with Crippen LogP contribution in [0.1, 0.15) is 27.2 Å². The van der Waals surface area contributed by atoms with Gasteiger partial charge in [-0.25, -0.2) is 0 Å². The van der Waals surface area contributed by atoms with E-state index in [4.69, 9.17) is 18.9 Å². The quantitative estimate of drug-likeness (QED) is 0.259. The van der Waals surface area contributed by atoms with Crippen molar-refractivity contribution >= 4 is 5.91 Å². The van der Waals surface area contributed by atoms with Crippen LogP contribution in [0.15, 0.2) is 0 Å². The molecule has 10 atom stereocenters. The standard InChI is InChI=1S/C17H31NO10/c1-4-5-25-17-14(24)15(11(21)7(2)26-17)28-16-10(18-8(3)20)13(23)12(22)9(6-19)27-16/h7,9-17,19,21-24H,4-6H2,1-3H3,(H,18,20)/t7-,9+,10+,11-,12+,13+,14+,15+,16-,17+/m0/s1. The molecule has 0 aromatic heterocycles. The third kappa shape index (κ3) is 5.17. The smallest absolute Gasteiger partial charge is 0.217 e. The molecule has 2 rings (SSSR count). The highest BCUT2D eigenvalue weighted by Crippen LogP contribution is 2.29. The fraction of sp³-hybridized carbons (Fsp3) is 0.941. The van der Waals surface area contributed by atoms with Crippen molar-refractivity contribution in [2.75, 3.05) is 13.2 Å². The lowest BCUT2D eigenvalue weighted by molar-refractivity contribution is -0.343. The van der Waals surface area contributed by atoms with E-state index in [1.165, 1.54) is 6.92 Å². The second-order valence-corrected chi connectivity index (χ2v) is 7.10. The molecule has 164 valence electrons. The highest BCUT2D eigenvalue weighted by atomic mass is 16.7. The molecular weight excluding hydrogens is 378 g/mol. The van der Waals surface area contributed by atoms with Gasteiger partial charge in [-0.05, 0) is 13.3 Å². The van der Waals surface area contributed by atoms with Gasteiger partial charge in [0, 0.05) is 13.5 Å². The predicted octanol–water partition coefficient (Wildman–Crippen LogP) is -2.79. The molecule has 2 aliphatic rings. The first-order valence-electron chi connectivity index (χ1n) is 9.39. The predicted molar refractivity (Wildman–Crippen MR) is 92.8 cm³/mol. The number of carbonyl (C=O) groups is 1. The monoisotopic (exact) mass is 409 g/mol. The number of hydrogen-bond donors (Lipinski definition) is 6. The van der Waals surface area contributed by atoms with E-state index in [2.05, 4.69) is 5.32 Å². The van der Waals surface area contributed by atoms with E-state index in [1.54, 1.807) is 6.92 Å². The van der Waals surface area contributed by atoms with Crippen molar-refractivity contribution in [3.05, 3.63) is 0 Å². The van der Waals surface area contributed by atoms with Gasteiger partial charge < -0.3 is 49.8 Å². The Balaban J connectivity index is 2.20. The van der Waals surface area contributed by atoms with Crippen LogP contribution in [0.5, 0.6) is 0 Å². The Hall–Kier alpha value is -0.890. The third-order valence-corrected chi connectivity index (χ3v) is 4.81. The molecule has 0 aromatic rings. The van der Waals surface area contributed by atoms with Crippen LogP contribution in [0, 0.1) is 0 Å². The molecule has 0 saturated carbocycles. The number of nitrogens with one attached hydrogen (secondary N) is 1. The van der Waals surface area contributed by atoms with E-state index in [0.717, 1.165) is 0 Å². The zero-order valence-corrected chi connectivity index (χ0v) is 16.2. The van der Waals surface area contributed by atoms with Crippen molar-refractivity contribution in [1.29, 1.82) is 0 Å². The zero-order chi connectivity index (χ0) is 21.0. The van der Waals surface area contributed by atoms with Crippen LogP contribution in [0.25, 0.3) is 0 Å². The number of hydrogen-bond acceptors (Lipinski definition) is 10. The summed E-state index contributed by atoms with van der Waals surface area (Å²) in [6.07, 6.45) is -10.5. The summed E-state index contributed by atoms with van der Waals surface area (Å²) in [4.78, 5) is 11.5. The van der Waals surface area contributed by atoms with Crippen LogP contribution in [-0.4, -0.2) is 106 Å². The van der Waals surface area contributed by atoms with Crippen molar-refractivity contribution < 1.29 is 49.3 Å². The van der Waals surface area contributed by atoms with Gasteiger partial charge in [0.15, 0.2) is 12.6 Å². The molecule has 6 N–H and O–H groups in total. The maximum atomic E-state index is 11.5. The van der Waals surface area contributed by atoms with E-state index in [1.807, 2.05) is 6.92 Å². The van der Waals surface area contributed by atoms with Crippen molar-refractivity contribution in [1.82, 2.24) is 5.32 Å². The molecule has 0 bridgehead atoms. The van der Waals surface area contributed by atoms with Crippen molar-refractivity contribution in [3.63, 3.8) is 0 Å². The van der Waals surface area contributed by atoms with E-state index in [0.29, 0.717) is 13.0 Å². The van der Waals surface area contributed by atoms with Gasteiger partial charge >= 0.3 is 0 Å². The van der Waals surface area contributed by atoms with Gasteiger partial charge in [-0.15, -0.1) is 0 Å². The van der Waals surface area contributed by atoms with Gasteiger partial charge in [0.05, 0.1) is 12.7 Å². The Bertz CT molecular complexity index is 508. The van der Waals surface area contributed by atoms with Gasteiger partial charge in [-0.3, -0.25) is 4.79 Å².